The first-order valence-corrected chi connectivity index (χ1v) is 10.6. The number of aliphatic carboxylic acids is 2. The SMILES string of the molecule is CN1CCC(c2cccc3c2Sc2ccccc2CO3)CC1.O=C(O)/C=C\C(=O)O. The van der Waals surface area contributed by atoms with Crippen molar-refractivity contribution < 1.29 is 24.5 Å². The van der Waals surface area contributed by atoms with Gasteiger partial charge >= 0.3 is 11.9 Å². The van der Waals surface area contributed by atoms with Gasteiger partial charge < -0.3 is 19.8 Å². The zero-order valence-corrected chi connectivity index (χ0v) is 17.6. The molecule has 0 amide bonds. The predicted molar refractivity (Wildman–Crippen MR) is 115 cm³/mol. The average molecular weight is 428 g/mol. The third kappa shape index (κ3) is 5.87. The van der Waals surface area contributed by atoms with Crippen LogP contribution in [-0.4, -0.2) is 47.2 Å². The van der Waals surface area contributed by atoms with Gasteiger partial charge in [-0.3, -0.25) is 0 Å². The van der Waals surface area contributed by atoms with Crippen molar-refractivity contribution in [2.45, 2.75) is 35.2 Å². The molecule has 0 bridgehead atoms. The Labute approximate surface area is 180 Å². The maximum atomic E-state index is 9.55. The summed E-state index contributed by atoms with van der Waals surface area (Å²) in [6.07, 6.45) is 3.61. The molecule has 4 rings (SSSR count). The molecular formula is C23H25NO5S. The van der Waals surface area contributed by atoms with E-state index in [-0.39, 0.29) is 0 Å². The number of fused-ring (bicyclic) bond motifs is 2. The Kier molecular flexibility index (Phi) is 7.54. The first-order chi connectivity index (χ1) is 14.4. The van der Waals surface area contributed by atoms with Crippen molar-refractivity contribution in [3.8, 4) is 5.75 Å². The van der Waals surface area contributed by atoms with Crippen LogP contribution >= 0.6 is 11.8 Å². The van der Waals surface area contributed by atoms with Crippen LogP contribution in [0.15, 0.2) is 64.4 Å². The second-order valence-electron chi connectivity index (χ2n) is 7.26. The minimum absolute atomic E-state index is 0.558. The van der Waals surface area contributed by atoms with E-state index in [1.165, 1.54) is 46.8 Å². The van der Waals surface area contributed by atoms with Crippen molar-refractivity contribution in [1.29, 1.82) is 0 Å². The molecule has 0 aromatic heterocycles. The highest BCUT2D eigenvalue weighted by molar-refractivity contribution is 7.99. The molecule has 30 heavy (non-hydrogen) atoms. The van der Waals surface area contributed by atoms with Crippen LogP contribution in [0.1, 0.15) is 29.9 Å². The van der Waals surface area contributed by atoms with Gasteiger partial charge in [0.1, 0.15) is 12.4 Å². The van der Waals surface area contributed by atoms with Gasteiger partial charge in [0.25, 0.3) is 0 Å². The Morgan fingerprint density at radius 1 is 1.03 bits per heavy atom. The van der Waals surface area contributed by atoms with E-state index >= 15 is 0 Å². The Morgan fingerprint density at radius 3 is 2.37 bits per heavy atom. The van der Waals surface area contributed by atoms with E-state index in [4.69, 9.17) is 14.9 Å². The van der Waals surface area contributed by atoms with E-state index in [1.807, 2.05) is 11.8 Å². The molecule has 0 radical (unpaired) electrons. The summed E-state index contributed by atoms with van der Waals surface area (Å²) in [5.41, 5.74) is 2.77. The first kappa shape index (κ1) is 21.9. The fraction of sp³-hybridized carbons (Fsp3) is 0.304. The molecule has 7 heteroatoms. The molecule has 0 saturated carbocycles. The zero-order chi connectivity index (χ0) is 21.5. The van der Waals surface area contributed by atoms with Crippen molar-refractivity contribution in [2.24, 2.45) is 0 Å². The maximum Gasteiger partial charge on any atom is 0.328 e. The molecule has 2 aliphatic heterocycles. The Morgan fingerprint density at radius 2 is 1.70 bits per heavy atom. The fourth-order valence-electron chi connectivity index (χ4n) is 3.53. The molecule has 0 spiro atoms. The summed E-state index contributed by atoms with van der Waals surface area (Å²) in [5, 5.41) is 15.6. The third-order valence-electron chi connectivity index (χ3n) is 5.10. The van der Waals surface area contributed by atoms with Crippen molar-refractivity contribution >= 4 is 23.7 Å². The van der Waals surface area contributed by atoms with E-state index in [0.29, 0.717) is 24.7 Å². The van der Waals surface area contributed by atoms with Crippen LogP contribution in [0.25, 0.3) is 0 Å². The lowest BCUT2D eigenvalue weighted by Crippen LogP contribution is -2.29. The Balaban J connectivity index is 0.000000275. The van der Waals surface area contributed by atoms with Gasteiger partial charge in [-0.05, 0) is 56.6 Å². The molecule has 0 aliphatic carbocycles. The lowest BCUT2D eigenvalue weighted by molar-refractivity contribution is -0.134. The van der Waals surface area contributed by atoms with E-state index in [0.717, 1.165) is 5.75 Å². The van der Waals surface area contributed by atoms with Gasteiger partial charge in [0.2, 0.25) is 0 Å². The van der Waals surface area contributed by atoms with E-state index in [1.54, 1.807) is 0 Å². The number of piperidine rings is 1. The lowest BCUT2D eigenvalue weighted by atomic mass is 9.89. The van der Waals surface area contributed by atoms with Crippen molar-refractivity contribution in [3.05, 3.63) is 65.7 Å². The summed E-state index contributed by atoms with van der Waals surface area (Å²) in [4.78, 5) is 24.2. The summed E-state index contributed by atoms with van der Waals surface area (Å²) < 4.78 is 6.10. The van der Waals surface area contributed by atoms with Gasteiger partial charge in [-0.25, -0.2) is 9.59 Å². The van der Waals surface area contributed by atoms with Gasteiger partial charge in [-0.1, -0.05) is 42.1 Å². The molecule has 1 saturated heterocycles. The topological polar surface area (TPSA) is 87.1 Å². The monoisotopic (exact) mass is 427 g/mol. The summed E-state index contributed by atoms with van der Waals surface area (Å²) in [6, 6.07) is 15.2. The number of hydrogen-bond donors (Lipinski definition) is 2. The molecule has 2 aliphatic rings. The van der Waals surface area contributed by atoms with Gasteiger partial charge in [-0.2, -0.15) is 0 Å². The second kappa shape index (κ2) is 10.3. The number of carbonyl (C=O) groups is 2. The van der Waals surface area contributed by atoms with Crippen LogP contribution in [0.4, 0.5) is 0 Å². The first-order valence-electron chi connectivity index (χ1n) is 9.78. The Hall–Kier alpha value is -2.77. The highest BCUT2D eigenvalue weighted by Gasteiger charge is 2.25. The highest BCUT2D eigenvalue weighted by atomic mass is 32.2. The molecule has 2 N–H and O–H groups in total. The number of likely N-dealkylation sites (tertiary alicyclic amines) is 1. The normalized spacial score (nSPS) is 16.4. The van der Waals surface area contributed by atoms with E-state index in [2.05, 4.69) is 54.4 Å². The lowest BCUT2D eigenvalue weighted by Gasteiger charge is -2.30. The molecule has 1 fully saturated rings. The highest BCUT2D eigenvalue weighted by Crippen LogP contribution is 2.45. The van der Waals surface area contributed by atoms with Crippen LogP contribution < -0.4 is 4.74 Å². The zero-order valence-electron chi connectivity index (χ0n) is 16.8. The molecule has 158 valence electrons. The molecule has 0 unspecified atom stereocenters. The van der Waals surface area contributed by atoms with Gasteiger partial charge in [0, 0.05) is 22.6 Å². The summed E-state index contributed by atoms with van der Waals surface area (Å²) in [6.45, 7) is 3.06. The van der Waals surface area contributed by atoms with Crippen molar-refractivity contribution in [2.75, 3.05) is 20.1 Å². The number of hydrogen-bond acceptors (Lipinski definition) is 5. The average Bonchev–Trinajstić information content (AvgIpc) is 2.93. The molecule has 2 aromatic carbocycles. The fourth-order valence-corrected chi connectivity index (χ4v) is 4.73. The molecule has 6 nitrogen and oxygen atoms in total. The predicted octanol–water partition coefficient (Wildman–Crippen LogP) is 4.25. The maximum absolute atomic E-state index is 9.55. The van der Waals surface area contributed by atoms with Crippen molar-refractivity contribution in [3.63, 3.8) is 0 Å². The van der Waals surface area contributed by atoms with E-state index in [9.17, 15) is 9.59 Å². The van der Waals surface area contributed by atoms with Crippen LogP contribution in [0, 0.1) is 0 Å². The molecule has 0 atom stereocenters. The number of ether oxygens (including phenoxy) is 1. The molecule has 2 aromatic rings. The number of carboxylic acids is 2. The smallest absolute Gasteiger partial charge is 0.328 e. The van der Waals surface area contributed by atoms with Gasteiger partial charge in [0.15, 0.2) is 0 Å². The molecular weight excluding hydrogens is 402 g/mol. The number of benzene rings is 2. The minimum atomic E-state index is -1.26. The van der Waals surface area contributed by atoms with Crippen molar-refractivity contribution in [1.82, 2.24) is 4.90 Å². The third-order valence-corrected chi connectivity index (χ3v) is 6.36. The minimum Gasteiger partial charge on any atom is -0.488 e. The summed E-state index contributed by atoms with van der Waals surface area (Å²) in [5.74, 6) is -0.801. The van der Waals surface area contributed by atoms with Crippen LogP contribution in [0.3, 0.4) is 0 Å². The number of nitrogens with zero attached hydrogens (tertiary/aromatic N) is 1. The van der Waals surface area contributed by atoms with Crippen LogP contribution in [-0.2, 0) is 16.2 Å². The van der Waals surface area contributed by atoms with E-state index < -0.39 is 11.9 Å². The van der Waals surface area contributed by atoms with Crippen LogP contribution in [0.2, 0.25) is 0 Å². The summed E-state index contributed by atoms with van der Waals surface area (Å²) in [7, 11) is 2.22. The van der Waals surface area contributed by atoms with Gasteiger partial charge in [0.05, 0.1) is 4.90 Å². The largest absolute Gasteiger partial charge is 0.488 e. The summed E-state index contributed by atoms with van der Waals surface area (Å²) >= 11 is 1.89. The van der Waals surface area contributed by atoms with Gasteiger partial charge in [-0.15, -0.1) is 0 Å². The quantitative estimate of drug-likeness (QED) is 0.708. The molecule has 2 heterocycles. The number of rotatable bonds is 3. The van der Waals surface area contributed by atoms with Crippen LogP contribution in [0.5, 0.6) is 5.75 Å². The second-order valence-corrected chi connectivity index (χ2v) is 8.31. The Bertz CT molecular complexity index is 919. The number of carboxylic acid groups (broad SMARTS) is 2. The standard InChI is InChI=1S/C19H21NOS.C4H4O4/c1-20-11-9-14(10-12-20)16-6-4-7-17-19(16)22-18-8-3-2-5-15(18)13-21-17;5-3(6)1-2-4(7)8/h2-8,14H,9-13H2,1H3;1-2H,(H,5,6)(H,7,8)/b;2-1-.